The molecule has 2 unspecified atom stereocenters. The first-order valence-electron chi connectivity index (χ1n) is 12.4. The number of halogens is 1. The Balaban J connectivity index is 1.39. The molecule has 0 saturated heterocycles. The normalized spacial score (nSPS) is 20.6. The van der Waals surface area contributed by atoms with Crippen molar-refractivity contribution in [1.82, 2.24) is 9.97 Å². The first kappa shape index (κ1) is 24.0. The van der Waals surface area contributed by atoms with E-state index in [2.05, 4.69) is 21.4 Å². The summed E-state index contributed by atoms with van der Waals surface area (Å²) in [6.07, 6.45) is 5.80. The zero-order chi connectivity index (χ0) is 26.4. The number of aromatic nitrogens is 2. The van der Waals surface area contributed by atoms with Crippen LogP contribution in [0.3, 0.4) is 0 Å². The highest BCUT2D eigenvalue weighted by atomic mass is 35.5. The Labute approximate surface area is 224 Å². The van der Waals surface area contributed by atoms with Crippen molar-refractivity contribution in [2.75, 3.05) is 17.3 Å². The van der Waals surface area contributed by atoms with E-state index < -0.39 is 5.54 Å². The van der Waals surface area contributed by atoms with Crippen molar-refractivity contribution < 1.29 is 14.3 Å². The molecule has 0 bridgehead atoms. The van der Waals surface area contributed by atoms with Gasteiger partial charge in [0.1, 0.15) is 22.7 Å². The highest BCUT2D eigenvalue weighted by Crippen LogP contribution is 2.46. The number of ketones is 1. The number of amides is 1. The summed E-state index contributed by atoms with van der Waals surface area (Å²) in [7, 11) is 1.71. The number of carbonyl (C=O) groups is 2. The van der Waals surface area contributed by atoms with E-state index in [-0.39, 0.29) is 22.6 Å². The molecular weight excluding hydrogens is 502 g/mol. The van der Waals surface area contributed by atoms with E-state index in [0.717, 1.165) is 12.8 Å². The highest BCUT2D eigenvalue weighted by molar-refractivity contribution is 6.36. The van der Waals surface area contributed by atoms with Crippen LogP contribution in [0.5, 0.6) is 11.5 Å². The van der Waals surface area contributed by atoms with Crippen LogP contribution in [0.2, 0.25) is 5.02 Å². The number of pyridine rings is 1. The smallest absolute Gasteiger partial charge is 0.252 e. The predicted molar refractivity (Wildman–Crippen MR) is 145 cm³/mol. The van der Waals surface area contributed by atoms with Crippen molar-refractivity contribution in [2.24, 2.45) is 5.92 Å². The monoisotopic (exact) mass is 525 g/mol. The summed E-state index contributed by atoms with van der Waals surface area (Å²) in [6, 6.07) is 16.6. The summed E-state index contributed by atoms with van der Waals surface area (Å²) in [5.74, 6) is 0.597. The number of hydrogen-bond donors (Lipinski definition) is 2. The van der Waals surface area contributed by atoms with E-state index in [0.29, 0.717) is 57.9 Å². The average Bonchev–Trinajstić information content (AvgIpc) is 3.37. The van der Waals surface area contributed by atoms with Crippen LogP contribution in [0.4, 0.5) is 11.4 Å². The lowest BCUT2D eigenvalue weighted by Gasteiger charge is -2.45. The minimum atomic E-state index is -0.902. The zero-order valence-electron chi connectivity index (χ0n) is 20.6. The van der Waals surface area contributed by atoms with Gasteiger partial charge in [0.2, 0.25) is 0 Å². The lowest BCUT2D eigenvalue weighted by molar-refractivity contribution is -0.124. The number of ether oxygens (including phenoxy) is 1. The number of likely N-dealkylation sites (N-methyl/N-ethyl adjacent to an activating group) is 1. The number of hydrogen-bond acceptors (Lipinski definition) is 6. The minimum absolute atomic E-state index is 0.0911. The fourth-order valence-electron chi connectivity index (χ4n) is 5.57. The number of benzene rings is 2. The van der Waals surface area contributed by atoms with Crippen LogP contribution < -0.4 is 15.0 Å². The van der Waals surface area contributed by atoms with Crippen LogP contribution in [0.1, 0.15) is 41.6 Å². The lowest BCUT2D eigenvalue weighted by atomic mass is 9.74. The molecule has 3 heterocycles. The SMILES string of the molecule is CN1C(=O)C2(CCCC(C#N)C2)Nc2c1cnc1[nH]cc(C(=O)c3ccc(Oc4ccccc4)cc3Cl)c21. The molecule has 2 aromatic heterocycles. The van der Waals surface area contributed by atoms with Gasteiger partial charge in [0, 0.05) is 30.8 Å². The molecule has 190 valence electrons. The second kappa shape index (κ2) is 9.19. The lowest BCUT2D eigenvalue weighted by Crippen LogP contribution is -2.58. The Morgan fingerprint density at radius 1 is 1.21 bits per heavy atom. The van der Waals surface area contributed by atoms with Crippen molar-refractivity contribution in [3.8, 4) is 17.6 Å². The Hall–Kier alpha value is -4.35. The predicted octanol–water partition coefficient (Wildman–Crippen LogP) is 6.08. The summed E-state index contributed by atoms with van der Waals surface area (Å²) in [5.41, 5.74) is 1.56. The van der Waals surface area contributed by atoms with Gasteiger partial charge in [-0.3, -0.25) is 9.59 Å². The average molecular weight is 526 g/mol. The number of H-pyrrole nitrogens is 1. The fourth-order valence-corrected chi connectivity index (χ4v) is 5.83. The molecule has 9 heteroatoms. The molecular formula is C29H24ClN5O3. The van der Waals surface area contributed by atoms with E-state index in [1.807, 2.05) is 30.3 Å². The molecule has 38 heavy (non-hydrogen) atoms. The van der Waals surface area contributed by atoms with E-state index in [1.165, 1.54) is 0 Å². The van der Waals surface area contributed by atoms with Crippen molar-refractivity contribution in [2.45, 2.75) is 31.2 Å². The Kier molecular flexibility index (Phi) is 5.81. The first-order chi connectivity index (χ1) is 18.4. The number of fused-ring (bicyclic) bond motifs is 3. The maximum Gasteiger partial charge on any atom is 0.252 e. The number of nitrogens with one attached hydrogen (secondary N) is 2. The van der Waals surface area contributed by atoms with Gasteiger partial charge in [0.15, 0.2) is 5.78 Å². The third kappa shape index (κ3) is 3.87. The molecule has 8 nitrogen and oxygen atoms in total. The van der Waals surface area contributed by atoms with Crippen molar-refractivity contribution in [3.05, 3.63) is 77.1 Å². The van der Waals surface area contributed by atoms with Crippen molar-refractivity contribution in [3.63, 3.8) is 0 Å². The zero-order valence-corrected chi connectivity index (χ0v) is 21.4. The van der Waals surface area contributed by atoms with Gasteiger partial charge in [0.25, 0.3) is 5.91 Å². The van der Waals surface area contributed by atoms with E-state index >= 15 is 0 Å². The largest absolute Gasteiger partial charge is 0.457 e. The van der Waals surface area contributed by atoms with Gasteiger partial charge in [-0.05, 0) is 49.9 Å². The molecule has 1 amide bonds. The molecule has 1 fully saturated rings. The van der Waals surface area contributed by atoms with Gasteiger partial charge in [-0.2, -0.15) is 5.26 Å². The third-order valence-corrected chi connectivity index (χ3v) is 7.78. The number of aromatic amines is 1. The van der Waals surface area contributed by atoms with Gasteiger partial charge < -0.3 is 19.9 Å². The Morgan fingerprint density at radius 3 is 2.79 bits per heavy atom. The van der Waals surface area contributed by atoms with E-state index in [4.69, 9.17) is 16.3 Å². The minimum Gasteiger partial charge on any atom is -0.457 e. The number of nitrogens with zero attached hydrogens (tertiary/aromatic N) is 3. The van der Waals surface area contributed by atoms with Crippen molar-refractivity contribution >= 4 is 45.7 Å². The molecule has 0 radical (unpaired) electrons. The molecule has 1 aliphatic heterocycles. The van der Waals surface area contributed by atoms with Crippen LogP contribution in [0.25, 0.3) is 11.0 Å². The molecule has 1 saturated carbocycles. The van der Waals surface area contributed by atoms with Gasteiger partial charge in [0.05, 0.1) is 39.6 Å². The number of rotatable bonds is 4. The molecule has 1 spiro atoms. The van der Waals surface area contributed by atoms with Gasteiger partial charge in [-0.1, -0.05) is 29.8 Å². The molecule has 2 aliphatic rings. The quantitative estimate of drug-likeness (QED) is 0.312. The van der Waals surface area contributed by atoms with Crippen LogP contribution in [0, 0.1) is 17.2 Å². The molecule has 2 aromatic carbocycles. The standard InChI is InChI=1S/C29H24ClN5O3/c1-35-23-16-33-27-24(25(23)34-29(28(35)37)11-5-6-17(13-29)14-31)21(15-32-27)26(36)20-10-9-19(12-22(20)30)38-18-7-3-2-4-8-18/h2-4,7-10,12,15-17,34H,5-6,11,13H2,1H3,(H,32,33). The second-order valence-electron chi connectivity index (χ2n) is 9.82. The summed E-state index contributed by atoms with van der Waals surface area (Å²) in [4.78, 5) is 36.4. The van der Waals surface area contributed by atoms with Crippen LogP contribution in [-0.4, -0.2) is 34.2 Å². The topological polar surface area (TPSA) is 111 Å². The van der Waals surface area contributed by atoms with Crippen LogP contribution >= 0.6 is 11.6 Å². The number of nitriles is 1. The Morgan fingerprint density at radius 2 is 2.03 bits per heavy atom. The van der Waals surface area contributed by atoms with Crippen LogP contribution in [-0.2, 0) is 4.79 Å². The highest BCUT2D eigenvalue weighted by Gasteiger charge is 2.48. The summed E-state index contributed by atoms with van der Waals surface area (Å²) < 4.78 is 5.85. The summed E-state index contributed by atoms with van der Waals surface area (Å²) >= 11 is 6.57. The Bertz CT molecular complexity index is 1630. The van der Waals surface area contributed by atoms with Crippen molar-refractivity contribution in [1.29, 1.82) is 5.26 Å². The molecule has 6 rings (SSSR count). The molecule has 2 atom stereocenters. The number of carbonyl (C=O) groups excluding carboxylic acids is 2. The molecule has 4 aromatic rings. The number of para-hydroxylation sites is 1. The third-order valence-electron chi connectivity index (χ3n) is 7.46. The fraction of sp³-hybridized carbons (Fsp3) is 0.241. The summed E-state index contributed by atoms with van der Waals surface area (Å²) in [6.45, 7) is 0. The number of anilines is 2. The molecule has 1 aliphatic carbocycles. The van der Waals surface area contributed by atoms with Gasteiger partial charge >= 0.3 is 0 Å². The first-order valence-corrected chi connectivity index (χ1v) is 12.8. The maximum atomic E-state index is 13.8. The van der Waals surface area contributed by atoms with Gasteiger partial charge in [-0.25, -0.2) is 4.98 Å². The van der Waals surface area contributed by atoms with Gasteiger partial charge in [-0.15, -0.1) is 0 Å². The molecule has 2 N–H and O–H groups in total. The van der Waals surface area contributed by atoms with E-state index in [1.54, 1.807) is 42.5 Å². The maximum absolute atomic E-state index is 13.8. The van der Waals surface area contributed by atoms with E-state index in [9.17, 15) is 14.9 Å². The second-order valence-corrected chi connectivity index (χ2v) is 10.2. The van der Waals surface area contributed by atoms with Crippen LogP contribution in [0.15, 0.2) is 60.9 Å². The summed E-state index contributed by atoms with van der Waals surface area (Å²) in [5, 5.41) is 13.9.